The number of hydrogen-bond acceptors (Lipinski definition) is 5. The maximum absolute atomic E-state index is 11.7. The zero-order chi connectivity index (χ0) is 15.8. The molecule has 2 rings (SSSR count). The van der Waals surface area contributed by atoms with E-state index in [-0.39, 0.29) is 6.61 Å². The third-order valence-electron chi connectivity index (χ3n) is 2.63. The summed E-state index contributed by atoms with van der Waals surface area (Å²) >= 11 is 1.53. The van der Waals surface area contributed by atoms with Crippen molar-refractivity contribution in [3.63, 3.8) is 0 Å². The molecule has 0 atom stereocenters. The third-order valence-corrected chi connectivity index (χ3v) is 3.60. The summed E-state index contributed by atoms with van der Waals surface area (Å²) in [5.41, 5.74) is 5.70. The van der Waals surface area contributed by atoms with Crippen LogP contribution in [0.2, 0.25) is 0 Å². The largest absolute Gasteiger partial charge is 0.385 e. The number of hydrogen-bond donors (Lipinski definition) is 2. The van der Waals surface area contributed by atoms with Crippen molar-refractivity contribution in [1.82, 2.24) is 10.9 Å². The van der Waals surface area contributed by atoms with Gasteiger partial charge in [-0.15, -0.1) is 11.3 Å². The van der Waals surface area contributed by atoms with Gasteiger partial charge in [-0.2, -0.15) is 0 Å². The second-order valence-electron chi connectivity index (χ2n) is 4.30. The number of oxime groups is 1. The molecule has 7 heteroatoms. The van der Waals surface area contributed by atoms with E-state index in [2.05, 4.69) is 16.0 Å². The first-order valence-corrected chi connectivity index (χ1v) is 7.39. The number of nitrogens with zero attached hydrogens (tertiary/aromatic N) is 1. The highest BCUT2D eigenvalue weighted by Crippen LogP contribution is 2.09. The molecule has 2 aromatic rings. The second kappa shape index (κ2) is 7.94. The van der Waals surface area contributed by atoms with Crippen LogP contribution in [-0.2, 0) is 9.63 Å². The molecular formula is C15H15N3O3S. The van der Waals surface area contributed by atoms with E-state index in [0.717, 1.165) is 4.88 Å². The molecule has 1 heterocycles. The molecule has 6 nitrogen and oxygen atoms in total. The van der Waals surface area contributed by atoms with Gasteiger partial charge >= 0.3 is 0 Å². The number of rotatable bonds is 5. The Kier molecular flexibility index (Phi) is 5.67. The number of hydrazine groups is 1. The van der Waals surface area contributed by atoms with E-state index in [9.17, 15) is 9.59 Å². The summed E-state index contributed by atoms with van der Waals surface area (Å²) in [6.07, 6.45) is 0. The monoisotopic (exact) mass is 317 g/mol. The molecule has 0 aliphatic carbocycles. The van der Waals surface area contributed by atoms with Crippen LogP contribution in [0.5, 0.6) is 0 Å². The van der Waals surface area contributed by atoms with Crippen molar-refractivity contribution in [3.05, 3.63) is 58.3 Å². The molecule has 0 saturated heterocycles. The van der Waals surface area contributed by atoms with Crippen LogP contribution >= 0.6 is 11.3 Å². The van der Waals surface area contributed by atoms with Crippen molar-refractivity contribution >= 4 is 28.9 Å². The Labute approximate surface area is 131 Å². The lowest BCUT2D eigenvalue weighted by atomic mass is 10.2. The number of benzene rings is 1. The maximum Gasteiger partial charge on any atom is 0.279 e. The minimum absolute atomic E-state index is 0.280. The second-order valence-corrected chi connectivity index (χ2v) is 5.24. The van der Waals surface area contributed by atoms with Crippen LogP contribution < -0.4 is 10.9 Å². The fourth-order valence-corrected chi connectivity index (χ4v) is 2.21. The van der Waals surface area contributed by atoms with E-state index in [4.69, 9.17) is 4.84 Å². The van der Waals surface area contributed by atoms with Crippen molar-refractivity contribution < 1.29 is 14.4 Å². The zero-order valence-corrected chi connectivity index (χ0v) is 12.7. The highest BCUT2D eigenvalue weighted by molar-refractivity contribution is 7.12. The van der Waals surface area contributed by atoms with Gasteiger partial charge in [0, 0.05) is 5.56 Å². The average Bonchev–Trinajstić information content (AvgIpc) is 3.08. The number of carbonyl (C=O) groups is 2. The first kappa shape index (κ1) is 15.7. The Morgan fingerprint density at radius 1 is 1.14 bits per heavy atom. The predicted molar refractivity (Wildman–Crippen MR) is 84.5 cm³/mol. The number of nitrogens with one attached hydrogen (secondary N) is 2. The summed E-state index contributed by atoms with van der Waals surface area (Å²) in [5.74, 6) is -0.890. The van der Waals surface area contributed by atoms with Crippen LogP contribution in [0, 0.1) is 0 Å². The number of carbonyl (C=O) groups excluding carboxylic acids is 2. The molecule has 0 spiro atoms. The molecule has 0 fully saturated rings. The molecule has 2 amide bonds. The summed E-state index contributed by atoms with van der Waals surface area (Å²) in [4.78, 5) is 29.1. The summed E-state index contributed by atoms with van der Waals surface area (Å²) in [7, 11) is 0. The van der Waals surface area contributed by atoms with E-state index in [0.29, 0.717) is 11.3 Å². The highest BCUT2D eigenvalue weighted by Gasteiger charge is 2.07. The first-order chi connectivity index (χ1) is 10.7. The first-order valence-electron chi connectivity index (χ1n) is 6.51. The minimum atomic E-state index is -0.494. The summed E-state index contributed by atoms with van der Waals surface area (Å²) in [6, 6.07) is 12.4. The Bertz CT molecular complexity index is 654. The molecule has 0 aliphatic heterocycles. The van der Waals surface area contributed by atoms with E-state index in [1.165, 1.54) is 11.3 Å². The van der Waals surface area contributed by atoms with Crippen molar-refractivity contribution in [3.8, 4) is 0 Å². The van der Waals surface area contributed by atoms with Crippen LogP contribution in [0.3, 0.4) is 0 Å². The van der Waals surface area contributed by atoms with Crippen molar-refractivity contribution in [2.24, 2.45) is 5.16 Å². The summed E-state index contributed by atoms with van der Waals surface area (Å²) in [6.45, 7) is 1.51. The quantitative estimate of drug-likeness (QED) is 0.653. The van der Waals surface area contributed by atoms with Gasteiger partial charge in [0.1, 0.15) is 0 Å². The van der Waals surface area contributed by atoms with Gasteiger partial charge in [0.2, 0.25) is 0 Å². The highest BCUT2D eigenvalue weighted by atomic mass is 32.1. The third kappa shape index (κ3) is 4.71. The van der Waals surface area contributed by atoms with Crippen molar-refractivity contribution in [2.45, 2.75) is 6.92 Å². The molecule has 0 unspecified atom stereocenters. The Morgan fingerprint density at radius 3 is 2.59 bits per heavy atom. The van der Waals surface area contributed by atoms with Gasteiger partial charge in [-0.25, -0.2) is 0 Å². The lowest BCUT2D eigenvalue weighted by Gasteiger charge is -2.06. The summed E-state index contributed by atoms with van der Waals surface area (Å²) in [5, 5.41) is 5.78. The molecule has 0 saturated carbocycles. The SMILES string of the molecule is CC(=NOCC(=O)NNC(=O)c1ccccc1)c1cccs1. The van der Waals surface area contributed by atoms with E-state index in [1.807, 2.05) is 17.5 Å². The lowest BCUT2D eigenvalue weighted by Crippen LogP contribution is -2.43. The molecular weight excluding hydrogens is 302 g/mol. The lowest BCUT2D eigenvalue weighted by molar-refractivity contribution is -0.126. The van der Waals surface area contributed by atoms with Gasteiger partial charge in [-0.1, -0.05) is 29.4 Å². The van der Waals surface area contributed by atoms with Gasteiger partial charge in [-0.05, 0) is 30.5 Å². The molecule has 114 valence electrons. The van der Waals surface area contributed by atoms with Gasteiger partial charge in [0.25, 0.3) is 11.8 Å². The topological polar surface area (TPSA) is 79.8 Å². The van der Waals surface area contributed by atoms with Gasteiger partial charge in [0.15, 0.2) is 6.61 Å². The van der Waals surface area contributed by atoms with E-state index >= 15 is 0 Å². The molecule has 2 N–H and O–H groups in total. The normalized spacial score (nSPS) is 10.9. The number of amides is 2. The van der Waals surface area contributed by atoms with Crippen LogP contribution in [0.15, 0.2) is 53.0 Å². The average molecular weight is 317 g/mol. The van der Waals surface area contributed by atoms with Crippen LogP contribution in [0.25, 0.3) is 0 Å². The Hall–Kier alpha value is -2.67. The molecule has 0 bridgehead atoms. The van der Waals surface area contributed by atoms with Crippen molar-refractivity contribution in [1.29, 1.82) is 0 Å². The summed E-state index contributed by atoms with van der Waals surface area (Å²) < 4.78 is 0. The van der Waals surface area contributed by atoms with Crippen LogP contribution in [-0.4, -0.2) is 24.1 Å². The van der Waals surface area contributed by atoms with Gasteiger partial charge in [0.05, 0.1) is 10.6 Å². The van der Waals surface area contributed by atoms with Crippen LogP contribution in [0.1, 0.15) is 22.2 Å². The van der Waals surface area contributed by atoms with Gasteiger partial charge < -0.3 is 4.84 Å². The predicted octanol–water partition coefficient (Wildman–Crippen LogP) is 1.95. The minimum Gasteiger partial charge on any atom is -0.385 e. The van der Waals surface area contributed by atoms with Gasteiger partial charge in [-0.3, -0.25) is 20.4 Å². The maximum atomic E-state index is 11.7. The van der Waals surface area contributed by atoms with E-state index < -0.39 is 11.8 Å². The molecule has 0 aliphatic rings. The molecule has 1 aromatic carbocycles. The molecule has 1 aromatic heterocycles. The van der Waals surface area contributed by atoms with Crippen molar-refractivity contribution in [2.75, 3.05) is 6.61 Å². The Morgan fingerprint density at radius 2 is 1.91 bits per heavy atom. The van der Waals surface area contributed by atoms with Crippen LogP contribution in [0.4, 0.5) is 0 Å². The molecule has 22 heavy (non-hydrogen) atoms. The fourth-order valence-electron chi connectivity index (χ4n) is 1.54. The smallest absolute Gasteiger partial charge is 0.279 e. The fraction of sp³-hybridized carbons (Fsp3) is 0.133. The van der Waals surface area contributed by atoms with E-state index in [1.54, 1.807) is 37.3 Å². The zero-order valence-electron chi connectivity index (χ0n) is 11.9. The Balaban J connectivity index is 1.72. The number of thiophene rings is 1. The molecule has 0 radical (unpaired) electrons. The standard InChI is InChI=1S/C15H15N3O3S/c1-11(13-8-5-9-22-13)18-21-10-14(19)16-17-15(20)12-6-3-2-4-7-12/h2-9H,10H2,1H3,(H,16,19)(H,17,20).